The minimum Gasteiger partial charge on any atom is -0.360 e. The van der Waals surface area contributed by atoms with Crippen molar-refractivity contribution in [2.24, 2.45) is 0 Å². The van der Waals surface area contributed by atoms with Crippen molar-refractivity contribution in [2.75, 3.05) is 0 Å². The lowest BCUT2D eigenvalue weighted by molar-refractivity contribution is 0.103. The Hall–Kier alpha value is -2.49. The molecule has 0 spiro atoms. The molecule has 0 aliphatic carbocycles. The number of aromatic nitrogens is 1. The highest BCUT2D eigenvalue weighted by Crippen LogP contribution is 2.26. The topological polar surface area (TPSA) is 32.9 Å². The van der Waals surface area contributed by atoms with Gasteiger partial charge in [0, 0.05) is 22.7 Å². The van der Waals surface area contributed by atoms with Gasteiger partial charge < -0.3 is 4.98 Å². The van der Waals surface area contributed by atoms with E-state index in [1.807, 2.05) is 25.1 Å². The van der Waals surface area contributed by atoms with Crippen LogP contribution in [0.3, 0.4) is 0 Å². The molecule has 0 saturated carbocycles. The minimum atomic E-state index is -0.849. The number of halogens is 2. The van der Waals surface area contributed by atoms with Crippen LogP contribution in [0.2, 0.25) is 0 Å². The SMILES string of the molecule is Cc1cccc2[nH]cc(C(=O)c3c(F)cccc3F)c12. The molecule has 2 nitrogen and oxygen atoms in total. The van der Waals surface area contributed by atoms with Gasteiger partial charge in [-0.05, 0) is 30.7 Å². The molecule has 100 valence electrons. The Labute approximate surface area is 114 Å². The van der Waals surface area contributed by atoms with Gasteiger partial charge in [-0.2, -0.15) is 0 Å². The summed E-state index contributed by atoms with van der Waals surface area (Å²) in [6.07, 6.45) is 1.49. The maximum atomic E-state index is 13.7. The number of benzene rings is 2. The van der Waals surface area contributed by atoms with Gasteiger partial charge in [-0.15, -0.1) is 0 Å². The van der Waals surface area contributed by atoms with Crippen molar-refractivity contribution < 1.29 is 13.6 Å². The first-order valence-electron chi connectivity index (χ1n) is 6.15. The standard InChI is InChI=1S/C16H11F2NO/c1-9-4-2-7-13-14(9)10(8-19-13)16(20)15-11(17)5-3-6-12(15)18/h2-8,19H,1H3. The Bertz CT molecular complexity index is 800. The summed E-state index contributed by atoms with van der Waals surface area (Å²) in [5, 5.41) is 0.695. The van der Waals surface area contributed by atoms with Crippen LogP contribution in [0.15, 0.2) is 42.6 Å². The van der Waals surface area contributed by atoms with E-state index in [4.69, 9.17) is 0 Å². The molecule has 1 N–H and O–H groups in total. The van der Waals surface area contributed by atoms with E-state index in [9.17, 15) is 13.6 Å². The highest BCUT2D eigenvalue weighted by atomic mass is 19.1. The van der Waals surface area contributed by atoms with Crippen molar-refractivity contribution in [1.82, 2.24) is 4.98 Å². The zero-order valence-corrected chi connectivity index (χ0v) is 10.7. The molecule has 0 atom stereocenters. The summed E-state index contributed by atoms with van der Waals surface area (Å²) >= 11 is 0. The smallest absolute Gasteiger partial charge is 0.201 e. The summed E-state index contributed by atoms with van der Waals surface area (Å²) in [7, 11) is 0. The maximum absolute atomic E-state index is 13.7. The molecule has 1 aromatic heterocycles. The molecule has 4 heteroatoms. The number of hydrogen-bond acceptors (Lipinski definition) is 1. The second-order valence-corrected chi connectivity index (χ2v) is 4.63. The average Bonchev–Trinajstić information content (AvgIpc) is 2.83. The number of aryl methyl sites for hydroxylation is 1. The van der Waals surface area contributed by atoms with Crippen molar-refractivity contribution >= 4 is 16.7 Å². The quantitative estimate of drug-likeness (QED) is 0.702. The van der Waals surface area contributed by atoms with Crippen LogP contribution in [0.4, 0.5) is 8.78 Å². The minimum absolute atomic E-state index is 0.280. The van der Waals surface area contributed by atoms with E-state index >= 15 is 0 Å². The Kier molecular flexibility index (Phi) is 2.86. The Morgan fingerprint density at radius 3 is 2.40 bits per heavy atom. The van der Waals surface area contributed by atoms with Crippen LogP contribution in [0.25, 0.3) is 10.9 Å². The summed E-state index contributed by atoms with van der Waals surface area (Å²) in [5.41, 5.74) is 1.41. The number of H-pyrrole nitrogens is 1. The van der Waals surface area contributed by atoms with Gasteiger partial charge >= 0.3 is 0 Å². The molecule has 3 rings (SSSR count). The van der Waals surface area contributed by atoms with Crippen molar-refractivity contribution in [3.05, 3.63) is 70.9 Å². The van der Waals surface area contributed by atoms with E-state index in [1.54, 1.807) is 0 Å². The van der Waals surface area contributed by atoms with Gasteiger partial charge in [0.25, 0.3) is 0 Å². The van der Waals surface area contributed by atoms with Crippen LogP contribution >= 0.6 is 0 Å². The van der Waals surface area contributed by atoms with Gasteiger partial charge in [0.1, 0.15) is 11.6 Å². The zero-order valence-electron chi connectivity index (χ0n) is 10.7. The van der Waals surface area contributed by atoms with Crippen molar-refractivity contribution in [2.45, 2.75) is 6.92 Å². The van der Waals surface area contributed by atoms with Crippen molar-refractivity contribution in [3.63, 3.8) is 0 Å². The molecular weight excluding hydrogens is 260 g/mol. The first-order valence-corrected chi connectivity index (χ1v) is 6.15. The Morgan fingerprint density at radius 1 is 1.05 bits per heavy atom. The summed E-state index contributed by atoms with van der Waals surface area (Å²) in [4.78, 5) is 15.4. The molecule has 0 fully saturated rings. The van der Waals surface area contributed by atoms with Gasteiger partial charge in [-0.25, -0.2) is 8.78 Å². The lowest BCUT2D eigenvalue weighted by Crippen LogP contribution is -2.07. The second-order valence-electron chi connectivity index (χ2n) is 4.63. The molecule has 0 radical (unpaired) electrons. The number of nitrogens with one attached hydrogen (secondary N) is 1. The lowest BCUT2D eigenvalue weighted by Gasteiger charge is -2.04. The van der Waals surface area contributed by atoms with E-state index in [-0.39, 0.29) is 5.56 Å². The van der Waals surface area contributed by atoms with Crippen LogP contribution in [0, 0.1) is 18.6 Å². The van der Waals surface area contributed by atoms with Crippen LogP contribution in [-0.4, -0.2) is 10.8 Å². The third kappa shape index (κ3) is 1.81. The fraction of sp³-hybridized carbons (Fsp3) is 0.0625. The maximum Gasteiger partial charge on any atom is 0.201 e. The van der Waals surface area contributed by atoms with Gasteiger partial charge in [-0.3, -0.25) is 4.79 Å². The summed E-state index contributed by atoms with van der Waals surface area (Å²) < 4.78 is 27.4. The third-order valence-corrected chi connectivity index (χ3v) is 3.35. The number of carbonyl (C=O) groups is 1. The highest BCUT2D eigenvalue weighted by Gasteiger charge is 2.22. The molecule has 1 heterocycles. The molecule has 20 heavy (non-hydrogen) atoms. The average molecular weight is 271 g/mol. The fourth-order valence-electron chi connectivity index (χ4n) is 2.40. The number of ketones is 1. The second kappa shape index (κ2) is 4.56. The molecule has 0 aliphatic heterocycles. The predicted octanol–water partition coefficient (Wildman–Crippen LogP) is 3.99. The number of aromatic amines is 1. The zero-order chi connectivity index (χ0) is 14.3. The predicted molar refractivity (Wildman–Crippen MR) is 72.8 cm³/mol. The fourth-order valence-corrected chi connectivity index (χ4v) is 2.40. The van der Waals surface area contributed by atoms with Crippen LogP contribution in [-0.2, 0) is 0 Å². The molecule has 0 unspecified atom stereocenters. The van der Waals surface area contributed by atoms with Gasteiger partial charge in [-0.1, -0.05) is 18.2 Å². The van der Waals surface area contributed by atoms with Gasteiger partial charge in [0.05, 0.1) is 5.56 Å². The Morgan fingerprint density at radius 2 is 1.70 bits per heavy atom. The molecular formula is C16H11F2NO. The number of hydrogen-bond donors (Lipinski definition) is 1. The number of fused-ring (bicyclic) bond motifs is 1. The molecule has 0 saturated heterocycles. The normalized spacial score (nSPS) is 10.9. The van der Waals surface area contributed by atoms with Crippen molar-refractivity contribution in [3.8, 4) is 0 Å². The van der Waals surface area contributed by atoms with Crippen molar-refractivity contribution in [1.29, 1.82) is 0 Å². The Balaban J connectivity index is 2.24. The summed E-state index contributed by atoms with van der Waals surface area (Å²) in [6.45, 7) is 1.85. The molecule has 0 amide bonds. The highest BCUT2D eigenvalue weighted by molar-refractivity contribution is 6.17. The number of rotatable bonds is 2. The molecule has 2 aromatic carbocycles. The summed E-state index contributed by atoms with van der Waals surface area (Å²) in [5.74, 6) is -2.35. The van der Waals surface area contributed by atoms with E-state index in [0.29, 0.717) is 5.39 Å². The monoisotopic (exact) mass is 271 g/mol. The first kappa shape index (κ1) is 12.5. The van der Waals surface area contributed by atoms with Crippen LogP contribution < -0.4 is 0 Å². The lowest BCUT2D eigenvalue weighted by atomic mass is 9.99. The third-order valence-electron chi connectivity index (χ3n) is 3.35. The van der Waals surface area contributed by atoms with Crippen LogP contribution in [0.1, 0.15) is 21.5 Å². The summed E-state index contributed by atoms with van der Waals surface area (Å²) in [6, 6.07) is 8.92. The van der Waals surface area contributed by atoms with Gasteiger partial charge in [0.2, 0.25) is 5.78 Å². The number of carbonyl (C=O) groups excluding carboxylic acids is 1. The molecule has 3 aromatic rings. The van der Waals surface area contributed by atoms with E-state index in [2.05, 4.69) is 4.98 Å². The molecule has 0 aliphatic rings. The van der Waals surface area contributed by atoms with E-state index < -0.39 is 23.0 Å². The van der Waals surface area contributed by atoms with E-state index in [1.165, 1.54) is 12.3 Å². The van der Waals surface area contributed by atoms with Gasteiger partial charge in [0.15, 0.2) is 0 Å². The molecule has 0 bridgehead atoms. The van der Waals surface area contributed by atoms with Crippen LogP contribution in [0.5, 0.6) is 0 Å². The first-order chi connectivity index (χ1) is 9.59. The van der Waals surface area contributed by atoms with E-state index in [0.717, 1.165) is 23.2 Å². The largest absolute Gasteiger partial charge is 0.360 e.